The molecule has 4 nitrogen and oxygen atoms in total. The van der Waals surface area contributed by atoms with Crippen LogP contribution in [-0.4, -0.2) is 11.6 Å². The number of hydrogen-bond acceptors (Lipinski definition) is 4. The van der Waals surface area contributed by atoms with Gasteiger partial charge in [-0.2, -0.15) is 0 Å². The summed E-state index contributed by atoms with van der Waals surface area (Å²) in [5.74, 6) is -0.0401. The second-order valence-corrected chi connectivity index (χ2v) is 7.61. The lowest BCUT2D eigenvalue weighted by Crippen LogP contribution is -2.15. The number of carbonyl (C=O) groups is 2. The molecule has 0 N–H and O–H groups in total. The molecule has 0 amide bonds. The second kappa shape index (κ2) is 9.15. The van der Waals surface area contributed by atoms with Crippen molar-refractivity contribution >= 4 is 20.3 Å². The molecule has 0 aliphatic carbocycles. The molecule has 1 unspecified atom stereocenters. The molecule has 0 aliphatic rings. The standard InChI is InChI=1S/C25H24O4P/c1-5-18-12-9-13-20(29-30-28)23(18)25(27)22-16(3)14-15(2)21(17(22)4)24(26)19-10-7-6-8-11-19/h6-14,30H,5H2,1-4H3/q+1. The van der Waals surface area contributed by atoms with Crippen molar-refractivity contribution in [2.75, 3.05) is 0 Å². The van der Waals surface area contributed by atoms with Crippen molar-refractivity contribution in [2.24, 2.45) is 0 Å². The molecule has 0 heterocycles. The van der Waals surface area contributed by atoms with Crippen molar-refractivity contribution in [3.8, 4) is 5.75 Å². The predicted molar refractivity (Wildman–Crippen MR) is 119 cm³/mol. The van der Waals surface area contributed by atoms with E-state index in [0.29, 0.717) is 40.0 Å². The highest BCUT2D eigenvalue weighted by Gasteiger charge is 2.27. The van der Waals surface area contributed by atoms with Crippen molar-refractivity contribution in [1.29, 1.82) is 0 Å². The van der Waals surface area contributed by atoms with E-state index in [0.717, 1.165) is 16.7 Å². The molecule has 30 heavy (non-hydrogen) atoms. The predicted octanol–water partition coefficient (Wildman–Crippen LogP) is 5.95. The van der Waals surface area contributed by atoms with Gasteiger partial charge in [0.15, 0.2) is 17.3 Å². The number of hydrogen-bond donors (Lipinski definition) is 0. The normalized spacial score (nSPS) is 10.8. The summed E-state index contributed by atoms with van der Waals surface area (Å²) in [7, 11) is -1.01. The van der Waals surface area contributed by atoms with Gasteiger partial charge in [-0.15, -0.1) is 0 Å². The summed E-state index contributed by atoms with van der Waals surface area (Å²) in [5.41, 5.74) is 5.08. The highest BCUT2D eigenvalue weighted by Crippen LogP contribution is 2.32. The van der Waals surface area contributed by atoms with Crippen LogP contribution >= 0.6 is 8.69 Å². The molecule has 3 aromatic carbocycles. The van der Waals surface area contributed by atoms with Gasteiger partial charge in [0.1, 0.15) is 0 Å². The van der Waals surface area contributed by atoms with E-state index in [2.05, 4.69) is 0 Å². The summed E-state index contributed by atoms with van der Waals surface area (Å²) >= 11 is 0. The van der Waals surface area contributed by atoms with E-state index in [1.54, 1.807) is 24.3 Å². The smallest absolute Gasteiger partial charge is 0.289 e. The van der Waals surface area contributed by atoms with Crippen molar-refractivity contribution in [3.63, 3.8) is 0 Å². The third-order valence-corrected chi connectivity index (χ3v) is 5.64. The quantitative estimate of drug-likeness (QED) is 0.350. The zero-order valence-electron chi connectivity index (χ0n) is 17.5. The first-order chi connectivity index (χ1) is 14.4. The van der Waals surface area contributed by atoms with E-state index in [9.17, 15) is 14.2 Å². The molecule has 152 valence electrons. The van der Waals surface area contributed by atoms with Gasteiger partial charge in [0, 0.05) is 16.7 Å². The fourth-order valence-corrected chi connectivity index (χ4v) is 4.26. The van der Waals surface area contributed by atoms with Crippen LogP contribution in [0.4, 0.5) is 0 Å². The van der Waals surface area contributed by atoms with Gasteiger partial charge in [0.2, 0.25) is 0 Å². The highest BCUT2D eigenvalue weighted by molar-refractivity contribution is 7.17. The van der Waals surface area contributed by atoms with E-state index in [4.69, 9.17) is 4.52 Å². The topological polar surface area (TPSA) is 60.4 Å². The third kappa shape index (κ3) is 3.96. The van der Waals surface area contributed by atoms with Gasteiger partial charge in [-0.05, 0) is 60.1 Å². The van der Waals surface area contributed by atoms with Crippen LogP contribution in [0.25, 0.3) is 0 Å². The minimum Gasteiger partial charge on any atom is -0.289 e. The first kappa shape index (κ1) is 21.6. The first-order valence-electron chi connectivity index (χ1n) is 9.81. The maximum atomic E-state index is 13.7. The number of benzene rings is 3. The summed E-state index contributed by atoms with van der Waals surface area (Å²) < 4.78 is 16.4. The Morgan fingerprint density at radius 3 is 2.07 bits per heavy atom. The lowest BCUT2D eigenvalue weighted by Gasteiger charge is -2.17. The van der Waals surface area contributed by atoms with Gasteiger partial charge in [0.05, 0.1) is 5.56 Å². The van der Waals surface area contributed by atoms with E-state index in [-0.39, 0.29) is 11.6 Å². The van der Waals surface area contributed by atoms with E-state index in [1.807, 2.05) is 58.0 Å². The molecule has 1 atom stereocenters. The maximum absolute atomic E-state index is 13.7. The number of carbonyl (C=O) groups excluding carboxylic acids is 2. The van der Waals surface area contributed by atoms with Gasteiger partial charge < -0.3 is 0 Å². The number of rotatable bonds is 7. The average Bonchev–Trinajstić information content (AvgIpc) is 2.73. The Morgan fingerprint density at radius 2 is 1.47 bits per heavy atom. The fourth-order valence-electron chi connectivity index (χ4n) is 4.00. The summed E-state index contributed by atoms with van der Waals surface area (Å²) in [6, 6.07) is 16.2. The monoisotopic (exact) mass is 419 g/mol. The SMILES string of the molecule is CCc1cccc(O[PH+]=O)c1C(=O)c1c(C)cc(C)c(C(=O)c2ccccc2)c1C. The molecular weight excluding hydrogens is 395 g/mol. The van der Waals surface area contributed by atoms with Gasteiger partial charge in [-0.25, -0.2) is 0 Å². The second-order valence-electron chi connectivity index (χ2n) is 7.24. The number of ketones is 2. The summed E-state index contributed by atoms with van der Waals surface area (Å²) in [5, 5.41) is 0. The van der Waals surface area contributed by atoms with Crippen LogP contribution in [-0.2, 0) is 11.0 Å². The van der Waals surface area contributed by atoms with Crippen LogP contribution in [0.15, 0.2) is 54.6 Å². The molecule has 3 aromatic rings. The summed E-state index contributed by atoms with van der Waals surface area (Å²) in [6.45, 7) is 7.52. The molecule has 3 rings (SSSR count). The van der Waals surface area contributed by atoms with Crippen molar-refractivity contribution in [1.82, 2.24) is 0 Å². The van der Waals surface area contributed by atoms with Gasteiger partial charge in [0.25, 0.3) is 0 Å². The van der Waals surface area contributed by atoms with Crippen LogP contribution in [0, 0.1) is 20.8 Å². The molecule has 0 radical (unpaired) electrons. The average molecular weight is 419 g/mol. The Bertz CT molecular complexity index is 1130. The Kier molecular flexibility index (Phi) is 6.59. The van der Waals surface area contributed by atoms with Crippen LogP contribution in [0.1, 0.15) is 61.0 Å². The molecular formula is C25H24O4P+. The minimum absolute atomic E-state index is 0.110. The van der Waals surface area contributed by atoms with Crippen molar-refractivity contribution < 1.29 is 18.7 Å². The van der Waals surface area contributed by atoms with Gasteiger partial charge in [-0.1, -0.05) is 55.5 Å². The first-order valence-corrected chi connectivity index (χ1v) is 10.6. The van der Waals surface area contributed by atoms with Crippen molar-refractivity contribution in [2.45, 2.75) is 34.1 Å². The molecule has 0 saturated heterocycles. The maximum Gasteiger partial charge on any atom is 0.542 e. The summed E-state index contributed by atoms with van der Waals surface area (Å²) in [4.78, 5) is 26.9. The Labute approximate surface area is 178 Å². The summed E-state index contributed by atoms with van der Waals surface area (Å²) in [6.07, 6.45) is 0.625. The molecule has 5 heteroatoms. The molecule has 0 aliphatic heterocycles. The Hall–Kier alpha value is -3.10. The highest BCUT2D eigenvalue weighted by atomic mass is 31.1. The largest absolute Gasteiger partial charge is 0.542 e. The van der Waals surface area contributed by atoms with E-state index in [1.165, 1.54) is 0 Å². The van der Waals surface area contributed by atoms with Gasteiger partial charge in [-0.3, -0.25) is 14.1 Å². The zero-order chi connectivity index (χ0) is 21.8. The lowest BCUT2D eigenvalue weighted by molar-refractivity contribution is 0.103. The fraction of sp³-hybridized carbons (Fsp3) is 0.200. The number of aryl methyl sites for hydroxylation is 3. The molecule has 0 bridgehead atoms. The molecule has 0 aromatic heterocycles. The molecule has 0 saturated carbocycles. The molecule has 0 fully saturated rings. The molecule has 0 spiro atoms. The van der Waals surface area contributed by atoms with Crippen LogP contribution in [0.2, 0.25) is 0 Å². The van der Waals surface area contributed by atoms with Gasteiger partial charge >= 0.3 is 8.69 Å². The van der Waals surface area contributed by atoms with E-state index >= 15 is 0 Å². The van der Waals surface area contributed by atoms with Crippen LogP contribution in [0.5, 0.6) is 5.75 Å². The minimum atomic E-state index is -1.01. The Balaban J connectivity index is 2.22. The van der Waals surface area contributed by atoms with Crippen molar-refractivity contribution in [3.05, 3.63) is 99.1 Å². The van der Waals surface area contributed by atoms with Crippen LogP contribution < -0.4 is 4.52 Å². The van der Waals surface area contributed by atoms with E-state index < -0.39 is 8.69 Å². The lowest BCUT2D eigenvalue weighted by atomic mass is 9.85. The third-order valence-electron chi connectivity index (χ3n) is 5.33. The van der Waals surface area contributed by atoms with Crippen LogP contribution in [0.3, 0.4) is 0 Å². The Morgan fingerprint density at radius 1 is 0.833 bits per heavy atom. The zero-order valence-corrected chi connectivity index (χ0v) is 18.5.